The zero-order valence-corrected chi connectivity index (χ0v) is 9.55. The summed E-state index contributed by atoms with van der Waals surface area (Å²) < 4.78 is 5.06. The van der Waals surface area contributed by atoms with Crippen LogP contribution in [0, 0.1) is 0 Å². The first-order chi connectivity index (χ1) is 6.84. The number of alkyl halides is 1. The van der Waals surface area contributed by atoms with E-state index < -0.39 is 0 Å². The predicted octanol–water partition coefficient (Wildman–Crippen LogP) is 2.10. The van der Waals surface area contributed by atoms with Gasteiger partial charge in [0.15, 0.2) is 0 Å². The van der Waals surface area contributed by atoms with Crippen molar-refractivity contribution in [2.24, 2.45) is 0 Å². The summed E-state index contributed by atoms with van der Waals surface area (Å²) >= 11 is 3.32. The lowest BCUT2D eigenvalue weighted by Gasteiger charge is -2.09. The van der Waals surface area contributed by atoms with E-state index in [1.165, 1.54) is 0 Å². The van der Waals surface area contributed by atoms with Gasteiger partial charge in [-0.1, -0.05) is 22.0 Å². The maximum atomic E-state index is 11.4. The number of carbonyl (C=O) groups is 1. The van der Waals surface area contributed by atoms with Crippen LogP contribution in [0.3, 0.4) is 0 Å². The van der Waals surface area contributed by atoms with Crippen molar-refractivity contribution in [2.75, 3.05) is 11.9 Å². The fourth-order valence-electron chi connectivity index (χ4n) is 1.04. The van der Waals surface area contributed by atoms with Gasteiger partial charge in [0.25, 0.3) is 0 Å². The van der Waals surface area contributed by atoms with Crippen molar-refractivity contribution in [1.29, 1.82) is 0 Å². The third kappa shape index (κ3) is 3.96. The van der Waals surface area contributed by atoms with Crippen molar-refractivity contribution >= 4 is 21.9 Å². The van der Waals surface area contributed by atoms with Gasteiger partial charge in [-0.3, -0.25) is 0 Å². The molecule has 78 valence electrons. The highest BCUT2D eigenvalue weighted by atomic mass is 79.9. The summed E-state index contributed by atoms with van der Waals surface area (Å²) in [5.74, 6) is -0.260. The molecule has 4 heteroatoms. The molecule has 0 bridgehead atoms. The third-order valence-electron chi connectivity index (χ3n) is 1.80. The average Bonchev–Trinajstić information content (AvgIpc) is 2.25. The van der Waals surface area contributed by atoms with Crippen LogP contribution in [0.15, 0.2) is 24.0 Å². The van der Waals surface area contributed by atoms with Gasteiger partial charge in [-0.25, -0.2) is 4.79 Å². The number of rotatable bonds is 5. The van der Waals surface area contributed by atoms with Gasteiger partial charge in [0.2, 0.25) is 0 Å². The Balaban J connectivity index is 2.18. The zero-order chi connectivity index (χ0) is 10.2. The van der Waals surface area contributed by atoms with Crippen LogP contribution in [-0.4, -0.2) is 17.9 Å². The quantitative estimate of drug-likeness (QED) is 0.467. The van der Waals surface area contributed by atoms with Crippen LogP contribution < -0.4 is 5.32 Å². The number of dihydropyridines is 1. The summed E-state index contributed by atoms with van der Waals surface area (Å²) in [4.78, 5) is 11.4. The summed E-state index contributed by atoms with van der Waals surface area (Å²) in [6, 6.07) is 0. The van der Waals surface area contributed by atoms with Crippen molar-refractivity contribution in [2.45, 2.75) is 19.3 Å². The minimum atomic E-state index is -0.260. The predicted molar refractivity (Wildman–Crippen MR) is 59.0 cm³/mol. The number of carbonyl (C=O) groups excluding carboxylic acids is 1. The van der Waals surface area contributed by atoms with Crippen LogP contribution in [0.5, 0.6) is 0 Å². The lowest BCUT2D eigenvalue weighted by atomic mass is 10.2. The molecular weight excluding hydrogens is 246 g/mol. The van der Waals surface area contributed by atoms with E-state index in [1.54, 1.807) is 6.20 Å². The molecule has 14 heavy (non-hydrogen) atoms. The molecule has 0 aromatic heterocycles. The Kier molecular flexibility index (Phi) is 5.37. The highest BCUT2D eigenvalue weighted by molar-refractivity contribution is 9.09. The van der Waals surface area contributed by atoms with E-state index >= 15 is 0 Å². The molecule has 0 atom stereocenters. The number of ether oxygens (including phenoxy) is 1. The molecule has 0 aromatic rings. The van der Waals surface area contributed by atoms with Gasteiger partial charge in [-0.05, 0) is 31.5 Å². The maximum Gasteiger partial charge on any atom is 0.354 e. The fraction of sp³-hybridized carbons (Fsp3) is 0.500. The number of nitrogens with one attached hydrogen (secondary N) is 1. The van der Waals surface area contributed by atoms with Crippen molar-refractivity contribution in [3.63, 3.8) is 0 Å². The Morgan fingerprint density at radius 1 is 1.57 bits per heavy atom. The minimum absolute atomic E-state index is 0.260. The molecule has 3 nitrogen and oxygen atoms in total. The van der Waals surface area contributed by atoms with Crippen LogP contribution in [0.25, 0.3) is 0 Å². The van der Waals surface area contributed by atoms with E-state index in [2.05, 4.69) is 21.2 Å². The van der Waals surface area contributed by atoms with E-state index in [9.17, 15) is 4.79 Å². The molecule has 0 saturated heterocycles. The SMILES string of the molecule is O=C(OCCCCBr)C1=CCC=CN1. The molecule has 0 aromatic carbocycles. The summed E-state index contributed by atoms with van der Waals surface area (Å²) in [6.07, 6.45) is 8.25. The molecule has 1 N–H and O–H groups in total. The van der Waals surface area contributed by atoms with Gasteiger partial charge in [0.1, 0.15) is 5.70 Å². The molecule has 0 saturated carbocycles. The Morgan fingerprint density at radius 3 is 3.07 bits per heavy atom. The molecule has 0 spiro atoms. The van der Waals surface area contributed by atoms with E-state index in [0.717, 1.165) is 24.6 Å². The van der Waals surface area contributed by atoms with Crippen LogP contribution in [-0.2, 0) is 9.53 Å². The molecule has 1 rings (SSSR count). The highest BCUT2D eigenvalue weighted by Crippen LogP contribution is 2.03. The molecule has 0 unspecified atom stereocenters. The topological polar surface area (TPSA) is 38.3 Å². The van der Waals surface area contributed by atoms with Gasteiger partial charge in [-0.2, -0.15) is 0 Å². The van der Waals surface area contributed by atoms with Crippen molar-refractivity contribution < 1.29 is 9.53 Å². The lowest BCUT2D eigenvalue weighted by molar-refractivity contribution is -0.139. The van der Waals surface area contributed by atoms with Crippen molar-refractivity contribution in [3.05, 3.63) is 24.0 Å². The summed E-state index contributed by atoms with van der Waals surface area (Å²) in [7, 11) is 0. The van der Waals surface area contributed by atoms with Crippen LogP contribution >= 0.6 is 15.9 Å². The van der Waals surface area contributed by atoms with Crippen LogP contribution in [0.1, 0.15) is 19.3 Å². The summed E-state index contributed by atoms with van der Waals surface area (Å²) in [5, 5.41) is 3.81. The van der Waals surface area contributed by atoms with Gasteiger partial charge in [0.05, 0.1) is 6.61 Å². The first kappa shape index (κ1) is 11.3. The minimum Gasteiger partial charge on any atom is -0.461 e. The first-order valence-corrected chi connectivity index (χ1v) is 5.81. The van der Waals surface area contributed by atoms with E-state index in [0.29, 0.717) is 12.3 Å². The van der Waals surface area contributed by atoms with E-state index in [-0.39, 0.29) is 5.97 Å². The van der Waals surface area contributed by atoms with Gasteiger partial charge >= 0.3 is 5.97 Å². The maximum absolute atomic E-state index is 11.4. The van der Waals surface area contributed by atoms with Crippen LogP contribution in [0.2, 0.25) is 0 Å². The van der Waals surface area contributed by atoms with E-state index in [4.69, 9.17) is 4.74 Å². The Morgan fingerprint density at radius 2 is 2.43 bits per heavy atom. The Labute approximate surface area is 92.3 Å². The molecule has 1 heterocycles. The van der Waals surface area contributed by atoms with Crippen molar-refractivity contribution in [1.82, 2.24) is 5.32 Å². The van der Waals surface area contributed by atoms with Gasteiger partial charge in [-0.15, -0.1) is 0 Å². The molecule has 1 aliphatic rings. The summed E-state index contributed by atoms with van der Waals surface area (Å²) in [6.45, 7) is 0.493. The van der Waals surface area contributed by atoms with E-state index in [1.807, 2.05) is 12.2 Å². The number of esters is 1. The molecule has 0 aliphatic carbocycles. The highest BCUT2D eigenvalue weighted by Gasteiger charge is 2.09. The van der Waals surface area contributed by atoms with Crippen LogP contribution in [0.4, 0.5) is 0 Å². The smallest absolute Gasteiger partial charge is 0.354 e. The Hall–Kier alpha value is -0.770. The second-order valence-corrected chi connectivity index (χ2v) is 3.73. The standard InChI is InChI=1S/C10H14BrNO2/c11-6-2-4-8-14-10(13)9-5-1-3-7-12-9/h3,5,7,12H,1-2,4,6,8H2. The summed E-state index contributed by atoms with van der Waals surface area (Å²) in [5.41, 5.74) is 0.548. The molecule has 0 fully saturated rings. The number of hydrogen-bond donors (Lipinski definition) is 1. The lowest BCUT2D eigenvalue weighted by Crippen LogP contribution is -2.20. The number of allylic oxidation sites excluding steroid dienone is 2. The zero-order valence-electron chi connectivity index (χ0n) is 7.96. The molecular formula is C10H14BrNO2. The Bertz CT molecular complexity index is 249. The largest absolute Gasteiger partial charge is 0.461 e. The average molecular weight is 260 g/mol. The van der Waals surface area contributed by atoms with Gasteiger partial charge in [0, 0.05) is 5.33 Å². The number of unbranched alkanes of at least 4 members (excludes halogenated alkanes) is 1. The third-order valence-corrected chi connectivity index (χ3v) is 2.36. The first-order valence-electron chi connectivity index (χ1n) is 4.69. The molecule has 1 aliphatic heterocycles. The van der Waals surface area contributed by atoms with Gasteiger partial charge < -0.3 is 10.1 Å². The second-order valence-electron chi connectivity index (χ2n) is 2.93. The monoisotopic (exact) mass is 259 g/mol. The normalized spacial score (nSPS) is 14.5. The second kappa shape index (κ2) is 6.65. The molecule has 0 amide bonds. The number of halogens is 1. The molecule has 0 radical (unpaired) electrons. The fourth-order valence-corrected chi connectivity index (χ4v) is 1.44. The van der Waals surface area contributed by atoms with Crippen molar-refractivity contribution in [3.8, 4) is 0 Å². The number of hydrogen-bond acceptors (Lipinski definition) is 3.